The maximum Gasteiger partial charge on any atom is 0.316 e. The molecule has 0 spiro atoms. The van der Waals surface area contributed by atoms with E-state index in [9.17, 15) is 9.59 Å². The zero-order chi connectivity index (χ0) is 27.6. The summed E-state index contributed by atoms with van der Waals surface area (Å²) in [5.41, 5.74) is -0.809. The van der Waals surface area contributed by atoms with Crippen LogP contribution >= 0.6 is 0 Å². The van der Waals surface area contributed by atoms with Crippen molar-refractivity contribution in [2.45, 2.75) is 51.0 Å². The Morgan fingerprint density at radius 2 is 1.58 bits per heavy atom. The maximum absolute atomic E-state index is 13.5. The molecule has 0 saturated carbocycles. The number of nitrogens with zero attached hydrogens (tertiary/aromatic N) is 1. The van der Waals surface area contributed by atoms with Crippen LogP contribution in [0.3, 0.4) is 0 Å². The maximum atomic E-state index is 13.5. The van der Waals surface area contributed by atoms with Crippen molar-refractivity contribution in [1.29, 1.82) is 0 Å². The van der Waals surface area contributed by atoms with Gasteiger partial charge in [-0.25, -0.2) is 0 Å². The minimum absolute atomic E-state index is 0. The number of methoxy groups -OCH3 is 4. The minimum atomic E-state index is -1.62. The van der Waals surface area contributed by atoms with Crippen molar-refractivity contribution >= 4 is 11.9 Å². The van der Waals surface area contributed by atoms with Gasteiger partial charge in [-0.3, -0.25) is 9.59 Å². The molecule has 8 nitrogen and oxygen atoms in total. The zero-order valence-corrected chi connectivity index (χ0v) is 24.7. The van der Waals surface area contributed by atoms with Crippen molar-refractivity contribution in [3.05, 3.63) is 53.6 Å². The van der Waals surface area contributed by atoms with Gasteiger partial charge in [0.25, 0.3) is 0 Å². The topological polar surface area (TPSA) is 83.5 Å². The number of benzene rings is 2. The molecule has 2 aromatic carbocycles. The number of likely N-dealkylation sites (N-methyl/N-ethyl adjacent to an activating group) is 1. The third-order valence-corrected chi connectivity index (χ3v) is 6.10. The Hall–Kier alpha value is -2.75. The van der Waals surface area contributed by atoms with Gasteiger partial charge in [0.05, 0.1) is 28.4 Å². The van der Waals surface area contributed by atoms with Crippen molar-refractivity contribution < 1.29 is 50.1 Å². The standard InChI is InChI=1S/C29H40NO7.Co/c1-28(2,3)37-27(32)29(26(31)36-8,22-11-13-23(33-5)14-12-22)17-9-18-30(4)19-16-21-10-15-24(34-6)25(20-21)35-7;/h10-13,15,20H,9,16-19H2,1-8H3;/q-1;. The number of rotatable bonds is 13. The second-order valence-corrected chi connectivity index (χ2v) is 9.89. The van der Waals surface area contributed by atoms with E-state index in [-0.39, 0.29) is 23.2 Å². The number of carbonyl (C=O) groups is 2. The second-order valence-electron chi connectivity index (χ2n) is 9.89. The minimum Gasteiger partial charge on any atom is -0.523 e. The average molecular weight is 574 g/mol. The van der Waals surface area contributed by atoms with E-state index in [1.165, 1.54) is 14.2 Å². The van der Waals surface area contributed by atoms with E-state index >= 15 is 0 Å². The Kier molecular flexibility index (Phi) is 13.1. The average Bonchev–Trinajstić information content (AvgIpc) is 2.88. The molecule has 9 heteroatoms. The summed E-state index contributed by atoms with van der Waals surface area (Å²) < 4.78 is 26.8. The van der Waals surface area contributed by atoms with Crippen LogP contribution in [0.4, 0.5) is 0 Å². The summed E-state index contributed by atoms with van der Waals surface area (Å²) >= 11 is 0. The normalized spacial score (nSPS) is 12.7. The van der Waals surface area contributed by atoms with Crippen LogP contribution in [0.1, 0.15) is 44.7 Å². The van der Waals surface area contributed by atoms with Crippen LogP contribution in [0.2, 0.25) is 0 Å². The molecule has 0 heterocycles. The smallest absolute Gasteiger partial charge is 0.316 e. The molecule has 0 aliphatic heterocycles. The van der Waals surface area contributed by atoms with Crippen LogP contribution in [-0.4, -0.2) is 71.0 Å². The molecular formula is C29H40CoNO7-. The quantitative estimate of drug-likeness (QED) is 0.200. The van der Waals surface area contributed by atoms with E-state index in [1.54, 1.807) is 53.2 Å². The predicted molar refractivity (Wildman–Crippen MR) is 141 cm³/mol. The van der Waals surface area contributed by atoms with Gasteiger partial charge in [0, 0.05) is 29.1 Å². The Balaban J connectivity index is 0.00000722. The zero-order valence-electron chi connectivity index (χ0n) is 23.6. The van der Waals surface area contributed by atoms with Crippen LogP contribution in [0, 0.1) is 6.07 Å². The molecule has 38 heavy (non-hydrogen) atoms. The van der Waals surface area contributed by atoms with Crippen molar-refractivity contribution in [2.24, 2.45) is 0 Å². The molecule has 0 aromatic heterocycles. The molecule has 1 radical (unpaired) electrons. The van der Waals surface area contributed by atoms with Gasteiger partial charge in [0.2, 0.25) is 0 Å². The molecular weight excluding hydrogens is 533 g/mol. The molecule has 0 saturated heterocycles. The van der Waals surface area contributed by atoms with Crippen LogP contribution < -0.4 is 14.2 Å². The molecule has 0 amide bonds. The Bertz CT molecular complexity index is 1040. The van der Waals surface area contributed by atoms with Crippen molar-refractivity contribution in [3.63, 3.8) is 0 Å². The molecule has 1 atom stereocenters. The van der Waals surface area contributed by atoms with E-state index in [0.717, 1.165) is 18.5 Å². The Morgan fingerprint density at radius 1 is 0.895 bits per heavy atom. The first-order chi connectivity index (χ1) is 17.5. The fraction of sp³-hybridized carbons (Fsp3) is 0.517. The van der Waals surface area contributed by atoms with Crippen LogP contribution in [0.25, 0.3) is 0 Å². The van der Waals surface area contributed by atoms with Crippen molar-refractivity contribution in [2.75, 3.05) is 48.6 Å². The van der Waals surface area contributed by atoms with E-state index in [1.807, 2.05) is 25.2 Å². The molecule has 0 fully saturated rings. The van der Waals surface area contributed by atoms with Gasteiger partial charge in [-0.15, -0.1) is 17.7 Å². The van der Waals surface area contributed by atoms with Gasteiger partial charge in [-0.05, 0) is 71.3 Å². The number of carbonyl (C=O) groups excluding carboxylic acids is 2. The molecule has 213 valence electrons. The number of hydrogen-bond donors (Lipinski definition) is 0. The van der Waals surface area contributed by atoms with E-state index in [2.05, 4.69) is 11.0 Å². The largest absolute Gasteiger partial charge is 0.523 e. The fourth-order valence-corrected chi connectivity index (χ4v) is 4.09. The monoisotopic (exact) mass is 573 g/mol. The van der Waals surface area contributed by atoms with E-state index in [0.29, 0.717) is 35.8 Å². The summed E-state index contributed by atoms with van der Waals surface area (Å²) in [4.78, 5) is 28.9. The Morgan fingerprint density at radius 3 is 2.11 bits per heavy atom. The predicted octanol–water partition coefficient (Wildman–Crippen LogP) is 4.22. The second kappa shape index (κ2) is 15.0. The molecule has 0 aliphatic carbocycles. The van der Waals surface area contributed by atoms with Gasteiger partial charge < -0.3 is 28.6 Å². The van der Waals surface area contributed by atoms with Crippen molar-refractivity contribution in [1.82, 2.24) is 4.90 Å². The molecule has 0 N–H and O–H groups in total. The molecule has 2 rings (SSSR count). The number of esters is 2. The van der Waals surface area contributed by atoms with Crippen LogP contribution in [0.5, 0.6) is 17.2 Å². The third kappa shape index (κ3) is 8.64. The summed E-state index contributed by atoms with van der Waals surface area (Å²) in [5, 5.41) is 0. The molecule has 1 unspecified atom stereocenters. The van der Waals surface area contributed by atoms with Crippen LogP contribution in [0.15, 0.2) is 36.4 Å². The summed E-state index contributed by atoms with van der Waals surface area (Å²) in [6.45, 7) is 6.76. The van der Waals surface area contributed by atoms with Gasteiger partial charge in [-0.1, -0.05) is 6.07 Å². The fourth-order valence-electron chi connectivity index (χ4n) is 4.09. The molecule has 0 aliphatic rings. The van der Waals surface area contributed by atoms with E-state index < -0.39 is 23.0 Å². The first-order valence-electron chi connectivity index (χ1n) is 12.3. The number of hydrogen-bond acceptors (Lipinski definition) is 8. The first kappa shape index (κ1) is 33.3. The van der Waals surface area contributed by atoms with Gasteiger partial charge in [0.15, 0.2) is 11.5 Å². The summed E-state index contributed by atoms with van der Waals surface area (Å²) in [5.74, 6) is 0.587. The van der Waals surface area contributed by atoms with E-state index in [4.69, 9.17) is 23.7 Å². The van der Waals surface area contributed by atoms with Crippen molar-refractivity contribution in [3.8, 4) is 17.2 Å². The van der Waals surface area contributed by atoms with Crippen LogP contribution in [-0.2, 0) is 47.7 Å². The number of ether oxygens (including phenoxy) is 5. The SMILES string of the molecule is COC(=O)C(CCCN(C)CCc1ccc(OC)c(OC)c1)(C(=O)OC(C)(C)C)c1c[c-]c(OC)cc1.[Co]. The Labute approximate surface area is 237 Å². The molecule has 0 bridgehead atoms. The summed E-state index contributed by atoms with van der Waals surface area (Å²) in [6.07, 6.45) is 1.58. The van der Waals surface area contributed by atoms with Gasteiger partial charge >= 0.3 is 11.9 Å². The first-order valence-corrected chi connectivity index (χ1v) is 12.3. The summed E-state index contributed by atoms with van der Waals surface area (Å²) in [7, 11) is 8.05. The third-order valence-electron chi connectivity index (χ3n) is 6.10. The van der Waals surface area contributed by atoms with Gasteiger partial charge in [0.1, 0.15) is 11.0 Å². The summed E-state index contributed by atoms with van der Waals surface area (Å²) in [6, 6.07) is 13.8. The molecule has 2 aromatic rings. The van der Waals surface area contributed by atoms with Gasteiger partial charge in [-0.2, -0.15) is 12.1 Å².